The van der Waals surface area contributed by atoms with E-state index in [1.54, 1.807) is 28.8 Å². The van der Waals surface area contributed by atoms with Gasteiger partial charge in [0, 0.05) is 119 Å². The number of hydrogen-bond acceptors (Lipinski definition) is 8. The second kappa shape index (κ2) is 23.5. The topological polar surface area (TPSA) is 215 Å². The number of nitrogens with one attached hydrogen (secondary N) is 4. The van der Waals surface area contributed by atoms with Crippen molar-refractivity contribution in [3.8, 4) is 34.2 Å². The van der Waals surface area contributed by atoms with Gasteiger partial charge in [-0.3, -0.25) is 9.36 Å². The van der Waals surface area contributed by atoms with Crippen molar-refractivity contribution in [2.24, 2.45) is 5.73 Å². The highest BCUT2D eigenvalue weighted by atomic mass is 79.9. The molecule has 6 aromatic heterocycles. The van der Waals surface area contributed by atoms with Gasteiger partial charge in [0.2, 0.25) is 5.91 Å². The van der Waals surface area contributed by atoms with Crippen molar-refractivity contribution in [1.29, 1.82) is 0 Å². The molecule has 6 heterocycles. The molecule has 0 aliphatic rings. The first kappa shape index (κ1) is 60.9. The number of nitrogens with zero attached hydrogens (tertiary/aromatic N) is 5. The molecule has 0 atom stereocenters. The lowest BCUT2D eigenvalue weighted by atomic mass is 9.97. The van der Waals surface area contributed by atoms with E-state index in [0.29, 0.717) is 33.9 Å². The fourth-order valence-electron chi connectivity index (χ4n) is 14.1. The van der Waals surface area contributed by atoms with E-state index in [-0.39, 0.29) is 17.3 Å². The number of aromatic amines is 4. The molecule has 0 aliphatic heterocycles. The number of aromatic nitrogens is 9. The number of fused-ring (bicyclic) bond motifs is 21. The highest BCUT2D eigenvalue weighted by Gasteiger charge is 2.30. The standard InChI is InChI=1S/C30H21BrN4O2S.C25H17BrN4O.C25H18BrN3/c1-17-6-10-20(11-7-17)38(36,37)35-29-25-15-19(32)9-12-22(25)21-4-2-3-5-23(21)28(29)34-30(35)26-16-33-27-13-8-18(31)14-24(26)27;26-14-9-10-21-19(11-14)20(13-28-21)25-29-23-17-7-3-1-5-15(17)16-6-2-4-8-18(16)24(23)30(25)22(31)12-27;1-13-3-6-16-17-7-4-14(2)10-20(17)24-23(19(16)9-13)28-25(29-24)21-12-27-22-8-5-15(26)11-18(21)22/h2-16,33H,32H2,1H3;1-11,13,28H,12,27H2;3-12,27H,1-2H3,(H,28,29). The van der Waals surface area contributed by atoms with Crippen molar-refractivity contribution in [2.75, 3.05) is 12.3 Å². The highest BCUT2D eigenvalue weighted by molar-refractivity contribution is 9.11. The molecule has 0 bridgehead atoms. The Morgan fingerprint density at radius 3 is 1.46 bits per heavy atom. The molecule has 0 radical (unpaired) electrons. The predicted octanol–water partition coefficient (Wildman–Crippen LogP) is 20.6. The van der Waals surface area contributed by atoms with Gasteiger partial charge in [0.25, 0.3) is 10.0 Å². The lowest BCUT2D eigenvalue weighted by Gasteiger charge is -2.13. The predicted molar refractivity (Wildman–Crippen MR) is 413 cm³/mol. The third kappa shape index (κ3) is 9.90. The second-order valence-electron chi connectivity index (χ2n) is 24.8. The van der Waals surface area contributed by atoms with E-state index in [9.17, 15) is 13.2 Å². The van der Waals surface area contributed by atoms with Crippen molar-refractivity contribution >= 4 is 200 Å². The molecule has 0 amide bonds. The molecule has 13 aromatic carbocycles. The number of carbonyl (C=O) groups excluding carboxylic acids is 1. The van der Waals surface area contributed by atoms with Crippen molar-refractivity contribution < 1.29 is 13.2 Å². The zero-order valence-corrected chi connectivity index (χ0v) is 58.3. The quantitative estimate of drug-likeness (QED) is 0.0694. The molecule has 98 heavy (non-hydrogen) atoms. The minimum Gasteiger partial charge on any atom is -0.399 e. The summed E-state index contributed by atoms with van der Waals surface area (Å²) in [5.41, 5.74) is 26.6. The molecule has 0 aliphatic carbocycles. The van der Waals surface area contributed by atoms with Crippen LogP contribution in [0.15, 0.2) is 243 Å². The number of nitrogens with two attached hydrogens (primary N) is 2. The largest absolute Gasteiger partial charge is 0.399 e. The maximum atomic E-state index is 14.5. The number of carbonyl (C=O) groups is 1. The minimum atomic E-state index is -4.06. The maximum absolute atomic E-state index is 14.5. The van der Waals surface area contributed by atoms with Crippen LogP contribution in [0.5, 0.6) is 0 Å². The van der Waals surface area contributed by atoms with Gasteiger partial charge >= 0.3 is 0 Å². The first-order valence-electron chi connectivity index (χ1n) is 31.7. The van der Waals surface area contributed by atoms with Crippen molar-refractivity contribution in [3.05, 3.63) is 255 Å². The van der Waals surface area contributed by atoms with E-state index in [4.69, 9.17) is 26.4 Å². The molecule has 476 valence electrons. The molecule has 0 fully saturated rings. The number of halogens is 3. The zero-order chi connectivity index (χ0) is 67.0. The van der Waals surface area contributed by atoms with E-state index in [2.05, 4.69) is 148 Å². The van der Waals surface area contributed by atoms with E-state index < -0.39 is 10.0 Å². The van der Waals surface area contributed by atoms with Crippen LogP contribution in [0.4, 0.5) is 5.69 Å². The molecular weight excluding hydrogens is 1430 g/mol. The number of hydrogen-bond donors (Lipinski definition) is 6. The van der Waals surface area contributed by atoms with Gasteiger partial charge in [-0.2, -0.15) is 0 Å². The number of nitrogen functional groups attached to an aromatic ring is 1. The van der Waals surface area contributed by atoms with E-state index in [1.165, 1.54) is 36.6 Å². The summed E-state index contributed by atoms with van der Waals surface area (Å²) < 4.78 is 34.9. The normalized spacial score (nSPS) is 12.0. The number of benzene rings is 13. The van der Waals surface area contributed by atoms with Gasteiger partial charge in [-0.05, 0) is 144 Å². The van der Waals surface area contributed by atoms with Gasteiger partial charge in [-0.1, -0.05) is 180 Å². The summed E-state index contributed by atoms with van der Waals surface area (Å²) in [6.45, 7) is 6.10. The summed E-state index contributed by atoms with van der Waals surface area (Å²) in [7, 11) is -4.06. The van der Waals surface area contributed by atoms with Gasteiger partial charge < -0.3 is 31.4 Å². The van der Waals surface area contributed by atoms with Crippen molar-refractivity contribution in [1.82, 2.24) is 43.4 Å². The maximum Gasteiger partial charge on any atom is 0.270 e. The van der Waals surface area contributed by atoms with Crippen molar-refractivity contribution in [2.45, 2.75) is 25.7 Å². The average Bonchev–Trinajstić information content (AvgIpc) is 1.54. The average molecular weight is 1490 g/mol. The lowest BCUT2D eigenvalue weighted by molar-refractivity contribution is 0.0930. The third-order valence-corrected chi connectivity index (χ3v) is 21.8. The molecule has 8 N–H and O–H groups in total. The Morgan fingerprint density at radius 2 is 0.878 bits per heavy atom. The molecule has 18 heteroatoms. The molecule has 0 unspecified atom stereocenters. The summed E-state index contributed by atoms with van der Waals surface area (Å²) in [5, 5.41) is 15.6. The number of rotatable bonds is 6. The first-order chi connectivity index (χ1) is 47.6. The van der Waals surface area contributed by atoms with Crippen LogP contribution in [-0.2, 0) is 10.0 Å². The Balaban J connectivity index is 0.000000112. The Morgan fingerprint density at radius 1 is 0.429 bits per heavy atom. The molecule has 0 saturated carbocycles. The Labute approximate surface area is 584 Å². The Hall–Kier alpha value is -10.7. The van der Waals surface area contributed by atoms with Crippen molar-refractivity contribution in [3.63, 3.8) is 0 Å². The van der Waals surface area contributed by atoms with Crippen LogP contribution in [0.25, 0.3) is 165 Å². The van der Waals surface area contributed by atoms with Crippen LogP contribution >= 0.6 is 47.8 Å². The smallest absolute Gasteiger partial charge is 0.270 e. The second-order valence-corrected chi connectivity index (χ2v) is 29.3. The van der Waals surface area contributed by atoms with Gasteiger partial charge in [0.15, 0.2) is 5.82 Å². The van der Waals surface area contributed by atoms with E-state index in [0.717, 1.165) is 134 Å². The molecule has 0 saturated heterocycles. The SMILES string of the molecule is Cc1ccc(S(=O)(=O)n2c(-c3c[nH]c4ccc(Br)cc34)nc3c4ccccc4c4ccc(N)cc4c32)cc1.Cc1ccc2c3ccc(C)cc3c3[nH]c(-c4c[nH]c5ccc(Br)cc45)nc3c2c1.NCC(=O)n1c(-c2c[nH]c3ccc(Br)cc23)nc2c3ccccc3c3ccccc3c21. The monoisotopic (exact) mass is 1490 g/mol. The zero-order valence-electron chi connectivity index (χ0n) is 52.7. The summed E-state index contributed by atoms with van der Waals surface area (Å²) in [6, 6.07) is 68.3. The van der Waals surface area contributed by atoms with Gasteiger partial charge in [-0.25, -0.2) is 27.3 Å². The first-order valence-corrected chi connectivity index (χ1v) is 35.5. The summed E-state index contributed by atoms with van der Waals surface area (Å²) in [6.07, 6.45) is 5.76. The van der Waals surface area contributed by atoms with E-state index in [1.807, 2.05) is 141 Å². The molecule has 0 spiro atoms. The summed E-state index contributed by atoms with van der Waals surface area (Å²) >= 11 is 10.7. The number of H-pyrrole nitrogens is 4. The van der Waals surface area contributed by atoms with Crippen LogP contribution in [0.2, 0.25) is 0 Å². The van der Waals surface area contributed by atoms with Crippen LogP contribution in [0.1, 0.15) is 21.5 Å². The number of imidazole rings is 3. The van der Waals surface area contributed by atoms with Gasteiger partial charge in [-0.15, -0.1) is 0 Å². The number of anilines is 1. The van der Waals surface area contributed by atoms with E-state index >= 15 is 0 Å². The molecule has 14 nitrogen and oxygen atoms in total. The Bertz CT molecular complexity index is 6620. The number of aryl methyl sites for hydroxylation is 3. The lowest BCUT2D eigenvalue weighted by Crippen LogP contribution is -2.21. The summed E-state index contributed by atoms with van der Waals surface area (Å²) in [5.74, 6) is 1.63. The Kier molecular flexibility index (Phi) is 14.6. The summed E-state index contributed by atoms with van der Waals surface area (Å²) in [4.78, 5) is 42.1. The fraction of sp³-hybridized carbons (Fsp3) is 0.0500. The van der Waals surface area contributed by atoms with Gasteiger partial charge in [0.1, 0.15) is 11.6 Å². The molecule has 19 rings (SSSR count). The van der Waals surface area contributed by atoms with Gasteiger partial charge in [0.05, 0.1) is 44.5 Å². The van der Waals surface area contributed by atoms with Crippen LogP contribution in [0.3, 0.4) is 0 Å². The van der Waals surface area contributed by atoms with Crippen LogP contribution in [-0.4, -0.2) is 64.3 Å². The fourth-order valence-corrected chi connectivity index (χ4v) is 16.7. The van der Waals surface area contributed by atoms with Crippen LogP contribution in [0, 0.1) is 20.8 Å². The highest BCUT2D eigenvalue weighted by Crippen LogP contribution is 2.44. The minimum absolute atomic E-state index is 0.105. The molecular formula is C80H56Br3N11O3S. The molecule has 19 aromatic rings. The third-order valence-electron chi connectivity index (χ3n) is 18.7. The van der Waals surface area contributed by atoms with Crippen LogP contribution < -0.4 is 11.5 Å².